The van der Waals surface area contributed by atoms with Crippen molar-refractivity contribution in [2.24, 2.45) is 0 Å². The van der Waals surface area contributed by atoms with Crippen molar-refractivity contribution in [1.82, 2.24) is 15.1 Å². The highest BCUT2D eigenvalue weighted by Gasteiger charge is 2.27. The van der Waals surface area contributed by atoms with Gasteiger partial charge in [-0.05, 0) is 49.6 Å². The quantitative estimate of drug-likeness (QED) is 0.871. The van der Waals surface area contributed by atoms with Gasteiger partial charge in [-0.1, -0.05) is 12.1 Å². The van der Waals surface area contributed by atoms with Crippen molar-refractivity contribution in [3.63, 3.8) is 0 Å². The molecular weight excluding hydrogens is 300 g/mol. The van der Waals surface area contributed by atoms with Crippen molar-refractivity contribution in [2.45, 2.75) is 25.7 Å². The van der Waals surface area contributed by atoms with Crippen LogP contribution in [0.4, 0.5) is 5.69 Å². The minimum absolute atomic E-state index is 0.00580. The van der Waals surface area contributed by atoms with Gasteiger partial charge in [0, 0.05) is 37.8 Å². The second-order valence-corrected chi connectivity index (χ2v) is 6.74. The fraction of sp³-hybridized carbons (Fsp3) is 0.421. The van der Waals surface area contributed by atoms with Crippen LogP contribution in [0, 0.1) is 6.92 Å². The van der Waals surface area contributed by atoms with Gasteiger partial charge in [-0.25, -0.2) is 0 Å². The maximum atomic E-state index is 12.6. The molecule has 1 amide bonds. The first kappa shape index (κ1) is 15.1. The third-order valence-electron chi connectivity index (χ3n) is 4.83. The molecule has 2 aromatic rings. The summed E-state index contributed by atoms with van der Waals surface area (Å²) >= 11 is 0. The average molecular weight is 322 g/mol. The largest absolute Gasteiger partial charge is 0.368 e. The predicted molar refractivity (Wildman–Crippen MR) is 93.3 cm³/mol. The van der Waals surface area contributed by atoms with Crippen molar-refractivity contribution in [3.05, 3.63) is 53.3 Å². The smallest absolute Gasteiger partial charge is 0.274 e. The molecule has 4 rings (SSSR count). The van der Waals surface area contributed by atoms with E-state index in [4.69, 9.17) is 0 Å². The molecule has 2 fully saturated rings. The number of aryl methyl sites for hydroxylation is 1. The first-order chi connectivity index (χ1) is 11.7. The summed E-state index contributed by atoms with van der Waals surface area (Å²) in [5, 5.41) is 8.37. The van der Waals surface area contributed by atoms with E-state index >= 15 is 0 Å². The minimum Gasteiger partial charge on any atom is -0.368 e. The van der Waals surface area contributed by atoms with Gasteiger partial charge in [0.15, 0.2) is 5.69 Å². The molecule has 1 aliphatic carbocycles. The van der Waals surface area contributed by atoms with Crippen molar-refractivity contribution in [3.8, 4) is 0 Å². The van der Waals surface area contributed by atoms with Crippen LogP contribution >= 0.6 is 0 Å². The summed E-state index contributed by atoms with van der Waals surface area (Å²) in [6.45, 7) is 5.25. The maximum Gasteiger partial charge on any atom is 0.274 e. The number of hydrogen-bond donors (Lipinski definition) is 0. The summed E-state index contributed by atoms with van der Waals surface area (Å²) in [4.78, 5) is 16.8. The zero-order valence-corrected chi connectivity index (χ0v) is 14.0. The molecule has 0 bridgehead atoms. The van der Waals surface area contributed by atoms with Crippen molar-refractivity contribution in [1.29, 1.82) is 0 Å². The monoisotopic (exact) mass is 322 g/mol. The zero-order chi connectivity index (χ0) is 16.5. The van der Waals surface area contributed by atoms with E-state index in [1.807, 2.05) is 17.0 Å². The Morgan fingerprint density at radius 3 is 2.46 bits per heavy atom. The maximum absolute atomic E-state index is 12.6. The Hall–Kier alpha value is -2.43. The van der Waals surface area contributed by atoms with E-state index in [0.717, 1.165) is 31.9 Å². The number of piperazine rings is 1. The van der Waals surface area contributed by atoms with Crippen LogP contribution in [0.2, 0.25) is 0 Å². The lowest BCUT2D eigenvalue weighted by molar-refractivity contribution is 0.0739. The summed E-state index contributed by atoms with van der Waals surface area (Å²) < 4.78 is 0. The number of anilines is 1. The van der Waals surface area contributed by atoms with Crippen LogP contribution in [-0.2, 0) is 0 Å². The molecule has 0 N–H and O–H groups in total. The van der Waals surface area contributed by atoms with Gasteiger partial charge in [-0.3, -0.25) is 4.79 Å². The van der Waals surface area contributed by atoms with E-state index in [1.165, 1.54) is 24.1 Å². The number of carbonyl (C=O) groups is 1. The summed E-state index contributed by atoms with van der Waals surface area (Å²) in [5.74, 6) is 0.563. The highest BCUT2D eigenvalue weighted by molar-refractivity contribution is 5.92. The van der Waals surface area contributed by atoms with E-state index in [9.17, 15) is 4.79 Å². The normalized spacial score (nSPS) is 17.9. The van der Waals surface area contributed by atoms with Crippen molar-refractivity contribution < 1.29 is 4.79 Å². The molecule has 2 heterocycles. The fourth-order valence-corrected chi connectivity index (χ4v) is 3.21. The highest BCUT2D eigenvalue weighted by atomic mass is 16.2. The number of amides is 1. The molecule has 124 valence electrons. The third kappa shape index (κ3) is 3.11. The molecule has 0 spiro atoms. The zero-order valence-electron chi connectivity index (χ0n) is 14.0. The van der Waals surface area contributed by atoms with E-state index in [0.29, 0.717) is 11.6 Å². The van der Waals surface area contributed by atoms with Gasteiger partial charge in [0.1, 0.15) is 0 Å². The molecule has 5 nitrogen and oxygen atoms in total. The molecular formula is C19H22N4O. The molecule has 0 radical (unpaired) electrons. The average Bonchev–Trinajstić information content (AvgIpc) is 3.47. The van der Waals surface area contributed by atoms with Crippen LogP contribution in [0.25, 0.3) is 0 Å². The number of hydrogen-bond acceptors (Lipinski definition) is 4. The summed E-state index contributed by atoms with van der Waals surface area (Å²) in [5.41, 5.74) is 3.98. The standard InChI is InChI=1S/C19H22N4O/c1-14-3-2-4-16(13-14)22-9-11-23(12-10-22)19(24)18-8-7-17(20-21-18)15-5-6-15/h2-4,7-8,13,15H,5-6,9-12H2,1H3. The van der Waals surface area contributed by atoms with Crippen LogP contribution in [0.3, 0.4) is 0 Å². The molecule has 1 aromatic heterocycles. The predicted octanol–water partition coefficient (Wildman–Crippen LogP) is 2.62. The van der Waals surface area contributed by atoms with Gasteiger partial charge in [0.05, 0.1) is 5.69 Å². The van der Waals surface area contributed by atoms with Crippen LogP contribution in [0.1, 0.15) is 40.5 Å². The Bertz CT molecular complexity index is 731. The highest BCUT2D eigenvalue weighted by Crippen LogP contribution is 2.38. The minimum atomic E-state index is -0.00580. The van der Waals surface area contributed by atoms with E-state index < -0.39 is 0 Å². The van der Waals surface area contributed by atoms with Crippen LogP contribution < -0.4 is 4.90 Å². The topological polar surface area (TPSA) is 49.3 Å². The lowest BCUT2D eigenvalue weighted by Gasteiger charge is -2.36. The molecule has 1 aliphatic heterocycles. The molecule has 1 saturated carbocycles. The second kappa shape index (κ2) is 6.23. The number of aromatic nitrogens is 2. The lowest BCUT2D eigenvalue weighted by atomic mass is 10.2. The van der Waals surface area contributed by atoms with Gasteiger partial charge in [0.25, 0.3) is 5.91 Å². The molecule has 2 aliphatic rings. The van der Waals surface area contributed by atoms with Gasteiger partial charge in [0.2, 0.25) is 0 Å². The first-order valence-electron chi connectivity index (χ1n) is 8.65. The number of carbonyl (C=O) groups excluding carboxylic acids is 1. The van der Waals surface area contributed by atoms with E-state index in [-0.39, 0.29) is 5.91 Å². The molecule has 1 aromatic carbocycles. The Kier molecular flexibility index (Phi) is 3.92. The van der Waals surface area contributed by atoms with Gasteiger partial charge in [-0.2, -0.15) is 5.10 Å². The molecule has 24 heavy (non-hydrogen) atoms. The van der Waals surface area contributed by atoms with Crippen LogP contribution in [0.5, 0.6) is 0 Å². The Morgan fingerprint density at radius 1 is 1.04 bits per heavy atom. The van der Waals surface area contributed by atoms with Gasteiger partial charge in [-0.15, -0.1) is 5.10 Å². The van der Waals surface area contributed by atoms with Crippen LogP contribution in [-0.4, -0.2) is 47.2 Å². The Morgan fingerprint density at radius 2 is 1.83 bits per heavy atom. The van der Waals surface area contributed by atoms with Crippen molar-refractivity contribution in [2.75, 3.05) is 31.1 Å². The van der Waals surface area contributed by atoms with Gasteiger partial charge < -0.3 is 9.80 Å². The molecule has 5 heteroatoms. The second-order valence-electron chi connectivity index (χ2n) is 6.74. The molecule has 1 saturated heterocycles. The number of rotatable bonds is 3. The Labute approximate surface area is 142 Å². The third-order valence-corrected chi connectivity index (χ3v) is 4.83. The Balaban J connectivity index is 1.38. The SMILES string of the molecule is Cc1cccc(N2CCN(C(=O)c3ccc(C4CC4)nn3)CC2)c1. The van der Waals surface area contributed by atoms with E-state index in [1.54, 1.807) is 0 Å². The van der Waals surface area contributed by atoms with Crippen molar-refractivity contribution >= 4 is 11.6 Å². The van der Waals surface area contributed by atoms with Gasteiger partial charge >= 0.3 is 0 Å². The first-order valence-corrected chi connectivity index (χ1v) is 8.65. The summed E-state index contributed by atoms with van der Waals surface area (Å²) in [7, 11) is 0. The summed E-state index contributed by atoms with van der Waals surface area (Å²) in [6.07, 6.45) is 2.39. The molecule has 0 atom stereocenters. The summed E-state index contributed by atoms with van der Waals surface area (Å²) in [6, 6.07) is 12.3. The fourth-order valence-electron chi connectivity index (χ4n) is 3.21. The molecule has 0 unspecified atom stereocenters. The number of benzene rings is 1. The lowest BCUT2D eigenvalue weighted by Crippen LogP contribution is -2.49. The number of nitrogens with zero attached hydrogens (tertiary/aromatic N) is 4. The van der Waals surface area contributed by atoms with E-state index in [2.05, 4.69) is 46.3 Å². The van der Waals surface area contributed by atoms with Crippen LogP contribution in [0.15, 0.2) is 36.4 Å².